The van der Waals surface area contributed by atoms with Gasteiger partial charge in [0.15, 0.2) is 17.7 Å². The summed E-state index contributed by atoms with van der Waals surface area (Å²) in [5.41, 5.74) is -1.35. The summed E-state index contributed by atoms with van der Waals surface area (Å²) in [5, 5.41) is 9.75. The van der Waals surface area contributed by atoms with Crippen molar-refractivity contribution in [1.82, 2.24) is 0 Å². The van der Waals surface area contributed by atoms with Crippen LogP contribution in [0.25, 0.3) is 0 Å². The summed E-state index contributed by atoms with van der Waals surface area (Å²) in [6.45, 7) is 2.87. The van der Waals surface area contributed by atoms with E-state index < -0.39 is 29.1 Å². The second-order valence-electron chi connectivity index (χ2n) is 4.25. The number of aliphatic hydroxyl groups is 1. The van der Waals surface area contributed by atoms with Crippen molar-refractivity contribution in [2.45, 2.75) is 25.4 Å². The number of hydrogen-bond acceptors (Lipinski definition) is 3. The minimum atomic E-state index is -1.57. The highest BCUT2D eigenvalue weighted by Crippen LogP contribution is 2.30. The van der Waals surface area contributed by atoms with E-state index in [1.54, 1.807) is 0 Å². The molecule has 0 bridgehead atoms. The molecule has 0 saturated carbocycles. The molecule has 0 spiro atoms. The highest BCUT2D eigenvalue weighted by Gasteiger charge is 2.38. The lowest BCUT2D eigenvalue weighted by Crippen LogP contribution is -2.41. The summed E-state index contributed by atoms with van der Waals surface area (Å²) in [5.74, 6) is -2.98. The zero-order chi connectivity index (χ0) is 13.2. The summed E-state index contributed by atoms with van der Waals surface area (Å²) in [6, 6.07) is 3.61. The van der Waals surface area contributed by atoms with Crippen LogP contribution < -0.4 is 0 Å². The van der Waals surface area contributed by atoms with Gasteiger partial charge in [-0.15, -0.1) is 0 Å². The number of ether oxygens (including phenoxy) is 1. The number of halogens is 2. The van der Waals surface area contributed by atoms with Crippen LogP contribution in [0.2, 0.25) is 0 Å². The predicted octanol–water partition coefficient (Wildman–Crippen LogP) is 1.78. The van der Waals surface area contributed by atoms with Crippen LogP contribution in [0.5, 0.6) is 0 Å². The molecule has 0 fully saturated rings. The molecule has 0 amide bonds. The van der Waals surface area contributed by atoms with E-state index in [-0.39, 0.29) is 5.56 Å². The minimum Gasteiger partial charge on any atom is -0.467 e. The van der Waals surface area contributed by atoms with Gasteiger partial charge in [-0.25, -0.2) is 13.6 Å². The van der Waals surface area contributed by atoms with Crippen LogP contribution in [-0.4, -0.2) is 24.3 Å². The SMILES string of the molecule is COC(=O)C(O)C(C)(C)c1cccc(F)c1F. The first-order valence-electron chi connectivity index (χ1n) is 5.02. The van der Waals surface area contributed by atoms with E-state index in [1.165, 1.54) is 26.0 Å². The van der Waals surface area contributed by atoms with Crippen LogP contribution in [0.15, 0.2) is 18.2 Å². The third-order valence-corrected chi connectivity index (χ3v) is 2.75. The van der Waals surface area contributed by atoms with Gasteiger partial charge in [-0.2, -0.15) is 0 Å². The third kappa shape index (κ3) is 2.44. The highest BCUT2D eigenvalue weighted by atomic mass is 19.2. The van der Waals surface area contributed by atoms with Gasteiger partial charge in [0.05, 0.1) is 7.11 Å². The van der Waals surface area contributed by atoms with Gasteiger partial charge in [0.1, 0.15) is 0 Å². The Morgan fingerprint density at radius 1 is 1.41 bits per heavy atom. The summed E-state index contributed by atoms with van der Waals surface area (Å²) >= 11 is 0. The Balaban J connectivity index is 3.21. The molecule has 1 unspecified atom stereocenters. The standard InChI is InChI=1S/C12H14F2O3/c1-12(2,10(15)11(16)17-3)7-5-4-6-8(13)9(7)14/h4-6,10,15H,1-3H3. The van der Waals surface area contributed by atoms with E-state index in [2.05, 4.69) is 4.74 Å². The van der Waals surface area contributed by atoms with Crippen LogP contribution >= 0.6 is 0 Å². The van der Waals surface area contributed by atoms with Crippen molar-refractivity contribution in [3.63, 3.8) is 0 Å². The normalized spacial score (nSPS) is 13.3. The van der Waals surface area contributed by atoms with Gasteiger partial charge in [-0.1, -0.05) is 26.0 Å². The third-order valence-electron chi connectivity index (χ3n) is 2.75. The monoisotopic (exact) mass is 244 g/mol. The van der Waals surface area contributed by atoms with Crippen molar-refractivity contribution in [3.8, 4) is 0 Å². The van der Waals surface area contributed by atoms with E-state index in [4.69, 9.17) is 0 Å². The molecule has 0 saturated heterocycles. The first-order chi connectivity index (χ1) is 7.82. The maximum atomic E-state index is 13.6. The maximum Gasteiger partial charge on any atom is 0.335 e. The number of methoxy groups -OCH3 is 1. The lowest BCUT2D eigenvalue weighted by atomic mass is 9.79. The van der Waals surface area contributed by atoms with Crippen LogP contribution in [0.1, 0.15) is 19.4 Å². The summed E-state index contributed by atoms with van der Waals surface area (Å²) in [7, 11) is 1.11. The van der Waals surface area contributed by atoms with Crippen molar-refractivity contribution in [2.75, 3.05) is 7.11 Å². The molecular formula is C12H14F2O3. The number of benzene rings is 1. The fourth-order valence-electron chi connectivity index (χ4n) is 1.55. The predicted molar refractivity (Wildman–Crippen MR) is 57.4 cm³/mol. The van der Waals surface area contributed by atoms with Crippen molar-refractivity contribution in [1.29, 1.82) is 0 Å². The topological polar surface area (TPSA) is 46.5 Å². The van der Waals surface area contributed by atoms with Crippen LogP contribution in [0.4, 0.5) is 8.78 Å². The molecule has 0 aliphatic heterocycles. The average molecular weight is 244 g/mol. The molecule has 1 rings (SSSR count). The largest absolute Gasteiger partial charge is 0.467 e. The van der Waals surface area contributed by atoms with E-state index in [1.807, 2.05) is 0 Å². The Morgan fingerprint density at radius 2 is 2.00 bits per heavy atom. The number of carbonyl (C=O) groups is 1. The lowest BCUT2D eigenvalue weighted by molar-refractivity contribution is -0.153. The molecule has 5 heteroatoms. The lowest BCUT2D eigenvalue weighted by Gasteiger charge is -2.29. The van der Waals surface area contributed by atoms with Gasteiger partial charge in [0, 0.05) is 5.41 Å². The molecule has 3 nitrogen and oxygen atoms in total. The molecule has 1 aromatic rings. The van der Waals surface area contributed by atoms with Crippen molar-refractivity contribution < 1.29 is 23.4 Å². The second kappa shape index (κ2) is 4.79. The number of aliphatic hydroxyl groups excluding tert-OH is 1. The van der Waals surface area contributed by atoms with Gasteiger partial charge in [0.2, 0.25) is 0 Å². The molecule has 0 radical (unpaired) electrons. The van der Waals surface area contributed by atoms with Crippen LogP contribution in [0.3, 0.4) is 0 Å². The molecule has 0 heterocycles. The van der Waals surface area contributed by atoms with Crippen molar-refractivity contribution in [2.24, 2.45) is 0 Å². The molecule has 1 atom stereocenters. The molecular weight excluding hydrogens is 230 g/mol. The van der Waals surface area contributed by atoms with E-state index in [0.29, 0.717) is 0 Å². The van der Waals surface area contributed by atoms with Crippen LogP contribution in [0, 0.1) is 11.6 Å². The van der Waals surface area contributed by atoms with Gasteiger partial charge >= 0.3 is 5.97 Å². The van der Waals surface area contributed by atoms with Gasteiger partial charge in [-0.3, -0.25) is 0 Å². The summed E-state index contributed by atoms with van der Waals surface area (Å²) in [6.07, 6.45) is -1.57. The molecule has 94 valence electrons. The quantitative estimate of drug-likeness (QED) is 0.824. The first-order valence-corrected chi connectivity index (χ1v) is 5.02. The molecule has 0 aromatic heterocycles. The fraction of sp³-hybridized carbons (Fsp3) is 0.417. The molecule has 1 N–H and O–H groups in total. The first kappa shape index (κ1) is 13.6. The zero-order valence-corrected chi connectivity index (χ0v) is 9.83. The second-order valence-corrected chi connectivity index (χ2v) is 4.25. The Bertz CT molecular complexity index is 430. The molecule has 1 aromatic carbocycles. The summed E-state index contributed by atoms with van der Waals surface area (Å²) < 4.78 is 31.1. The number of rotatable bonds is 3. The number of esters is 1. The smallest absolute Gasteiger partial charge is 0.335 e. The Morgan fingerprint density at radius 3 is 2.53 bits per heavy atom. The summed E-state index contributed by atoms with van der Waals surface area (Å²) in [4.78, 5) is 11.2. The molecule has 17 heavy (non-hydrogen) atoms. The van der Waals surface area contributed by atoms with Gasteiger partial charge in [0.25, 0.3) is 0 Å². The molecule has 0 aliphatic rings. The number of carbonyl (C=O) groups excluding carboxylic acids is 1. The van der Waals surface area contributed by atoms with E-state index in [9.17, 15) is 18.7 Å². The van der Waals surface area contributed by atoms with Gasteiger partial charge < -0.3 is 9.84 Å². The van der Waals surface area contributed by atoms with E-state index in [0.717, 1.165) is 13.2 Å². The Labute approximate surface area is 98.0 Å². The minimum absolute atomic E-state index is 0.0737. The Kier molecular flexibility index (Phi) is 3.83. The van der Waals surface area contributed by atoms with Crippen molar-refractivity contribution in [3.05, 3.63) is 35.4 Å². The highest BCUT2D eigenvalue weighted by molar-refractivity contribution is 5.76. The average Bonchev–Trinajstić information content (AvgIpc) is 2.30. The fourth-order valence-corrected chi connectivity index (χ4v) is 1.55. The van der Waals surface area contributed by atoms with Crippen molar-refractivity contribution >= 4 is 5.97 Å². The van der Waals surface area contributed by atoms with E-state index >= 15 is 0 Å². The maximum absolute atomic E-state index is 13.6. The number of hydrogen-bond donors (Lipinski definition) is 1. The Hall–Kier alpha value is -1.49. The zero-order valence-electron chi connectivity index (χ0n) is 9.83. The van der Waals surface area contributed by atoms with Gasteiger partial charge in [-0.05, 0) is 11.6 Å². The van der Waals surface area contributed by atoms with Crippen LogP contribution in [-0.2, 0) is 14.9 Å². The molecule has 0 aliphatic carbocycles.